The van der Waals surface area contributed by atoms with Crippen LogP contribution in [0.3, 0.4) is 0 Å². The van der Waals surface area contributed by atoms with E-state index < -0.39 is 0 Å². The van der Waals surface area contributed by atoms with Gasteiger partial charge < -0.3 is 10.0 Å². The quantitative estimate of drug-likeness (QED) is 0.881. The normalized spacial score (nSPS) is 24.2. The van der Waals surface area contributed by atoms with Crippen LogP contribution in [0.5, 0.6) is 0 Å². The number of hydrogen-bond acceptors (Lipinski definition) is 4. The summed E-state index contributed by atoms with van der Waals surface area (Å²) in [6.45, 7) is 0.971. The van der Waals surface area contributed by atoms with Crippen LogP contribution in [0.2, 0.25) is 0 Å². The molecule has 0 radical (unpaired) electrons. The summed E-state index contributed by atoms with van der Waals surface area (Å²) in [5, 5.41) is 13.6. The number of carbonyl (C=O) groups is 1. The minimum atomic E-state index is -0.155. The van der Waals surface area contributed by atoms with Crippen molar-refractivity contribution in [3.63, 3.8) is 0 Å². The van der Waals surface area contributed by atoms with Crippen molar-refractivity contribution in [1.82, 2.24) is 19.2 Å². The van der Waals surface area contributed by atoms with Crippen LogP contribution in [0.1, 0.15) is 50.8 Å². The number of aromatic nitrogens is 3. The van der Waals surface area contributed by atoms with E-state index in [0.29, 0.717) is 12.5 Å². The molecule has 24 heavy (non-hydrogen) atoms. The Hall–Kier alpha value is -1.63. The summed E-state index contributed by atoms with van der Waals surface area (Å²) >= 11 is 0. The SMILES string of the molecule is CN(C(=O)Cn1nc2n(c1=O)CCCCC2)C1CCC(CO)CC1. The lowest BCUT2D eigenvalue weighted by Gasteiger charge is -2.34. The molecule has 1 aromatic rings. The standard InChI is InChI=1S/C17H28N4O3/c1-19(14-8-6-13(12-22)7-9-14)16(23)11-21-17(24)20-10-4-2-3-5-15(20)18-21/h13-14,22H,2-12H2,1H3. The van der Waals surface area contributed by atoms with Gasteiger partial charge in [0.15, 0.2) is 0 Å². The first-order valence-corrected chi connectivity index (χ1v) is 9.13. The van der Waals surface area contributed by atoms with E-state index >= 15 is 0 Å². The Balaban J connectivity index is 1.63. The second kappa shape index (κ2) is 7.51. The molecule has 1 saturated carbocycles. The van der Waals surface area contributed by atoms with Gasteiger partial charge in [0.2, 0.25) is 5.91 Å². The number of aliphatic hydroxyl groups is 1. The van der Waals surface area contributed by atoms with E-state index in [1.54, 1.807) is 9.47 Å². The molecule has 3 rings (SSSR count). The second-order valence-electron chi connectivity index (χ2n) is 7.18. The molecule has 134 valence electrons. The van der Waals surface area contributed by atoms with Gasteiger partial charge in [0.05, 0.1) is 0 Å². The molecule has 0 spiro atoms. The fourth-order valence-corrected chi connectivity index (χ4v) is 3.89. The lowest BCUT2D eigenvalue weighted by atomic mass is 9.86. The molecule has 0 atom stereocenters. The van der Waals surface area contributed by atoms with Crippen LogP contribution in [0.25, 0.3) is 0 Å². The fraction of sp³-hybridized carbons (Fsp3) is 0.824. The van der Waals surface area contributed by atoms with Gasteiger partial charge in [-0.15, -0.1) is 0 Å². The molecule has 1 fully saturated rings. The van der Waals surface area contributed by atoms with Crippen molar-refractivity contribution >= 4 is 5.91 Å². The summed E-state index contributed by atoms with van der Waals surface area (Å²) in [6, 6.07) is 0.205. The van der Waals surface area contributed by atoms with E-state index in [1.807, 2.05) is 7.05 Å². The molecular weight excluding hydrogens is 308 g/mol. The number of rotatable bonds is 4. The van der Waals surface area contributed by atoms with E-state index in [9.17, 15) is 14.7 Å². The third-order valence-electron chi connectivity index (χ3n) is 5.58. The largest absolute Gasteiger partial charge is 0.396 e. The Bertz CT molecular complexity index is 628. The summed E-state index contributed by atoms with van der Waals surface area (Å²) in [5.41, 5.74) is -0.155. The predicted octanol–water partition coefficient (Wildman–Crippen LogP) is 0.781. The van der Waals surface area contributed by atoms with E-state index in [1.165, 1.54) is 4.68 Å². The number of aliphatic hydroxyl groups excluding tert-OH is 1. The Morgan fingerprint density at radius 1 is 1.25 bits per heavy atom. The van der Waals surface area contributed by atoms with Crippen molar-refractivity contribution < 1.29 is 9.90 Å². The van der Waals surface area contributed by atoms with Gasteiger partial charge in [0, 0.05) is 32.7 Å². The van der Waals surface area contributed by atoms with Crippen LogP contribution in [0, 0.1) is 5.92 Å². The van der Waals surface area contributed by atoms with Crippen LogP contribution >= 0.6 is 0 Å². The number of hydrogen-bond donors (Lipinski definition) is 1. The van der Waals surface area contributed by atoms with Gasteiger partial charge in [0.1, 0.15) is 12.4 Å². The molecule has 0 aromatic carbocycles. The fourth-order valence-electron chi connectivity index (χ4n) is 3.89. The Kier molecular flexibility index (Phi) is 5.38. The van der Waals surface area contributed by atoms with Crippen molar-refractivity contribution in [3.05, 3.63) is 16.3 Å². The summed E-state index contributed by atoms with van der Waals surface area (Å²) in [7, 11) is 1.82. The van der Waals surface area contributed by atoms with Gasteiger partial charge in [-0.2, -0.15) is 5.10 Å². The van der Waals surface area contributed by atoms with Gasteiger partial charge in [-0.05, 0) is 44.4 Å². The molecule has 1 aliphatic heterocycles. The molecule has 0 bridgehead atoms. The van der Waals surface area contributed by atoms with Gasteiger partial charge in [0.25, 0.3) is 0 Å². The summed E-state index contributed by atoms with van der Waals surface area (Å²) < 4.78 is 3.06. The van der Waals surface area contributed by atoms with E-state index in [0.717, 1.165) is 57.2 Å². The maximum atomic E-state index is 12.6. The zero-order chi connectivity index (χ0) is 17.1. The number of carbonyl (C=O) groups excluding carboxylic acids is 1. The van der Waals surface area contributed by atoms with Crippen molar-refractivity contribution in [2.45, 2.75) is 70.5 Å². The Labute approximate surface area is 142 Å². The van der Waals surface area contributed by atoms with Crippen molar-refractivity contribution in [2.24, 2.45) is 5.92 Å². The second-order valence-corrected chi connectivity index (χ2v) is 7.18. The smallest absolute Gasteiger partial charge is 0.346 e. The highest BCUT2D eigenvalue weighted by atomic mass is 16.3. The first kappa shape index (κ1) is 17.2. The predicted molar refractivity (Wildman–Crippen MR) is 89.6 cm³/mol. The third kappa shape index (κ3) is 3.55. The van der Waals surface area contributed by atoms with Gasteiger partial charge in [-0.1, -0.05) is 6.42 Å². The molecule has 1 amide bonds. The molecule has 2 aliphatic rings. The highest BCUT2D eigenvalue weighted by Crippen LogP contribution is 2.26. The van der Waals surface area contributed by atoms with Crippen LogP contribution in [-0.2, 0) is 24.3 Å². The average molecular weight is 336 g/mol. The van der Waals surface area contributed by atoms with Gasteiger partial charge in [-0.3, -0.25) is 9.36 Å². The lowest BCUT2D eigenvalue weighted by molar-refractivity contribution is -0.133. The van der Waals surface area contributed by atoms with Crippen molar-refractivity contribution in [3.8, 4) is 0 Å². The molecule has 1 N–H and O–H groups in total. The Morgan fingerprint density at radius 3 is 2.71 bits per heavy atom. The molecule has 0 unspecified atom stereocenters. The molecule has 7 heteroatoms. The van der Waals surface area contributed by atoms with Gasteiger partial charge in [-0.25, -0.2) is 9.48 Å². The van der Waals surface area contributed by atoms with E-state index in [2.05, 4.69) is 5.10 Å². The van der Waals surface area contributed by atoms with Crippen LogP contribution in [-0.4, -0.2) is 50.0 Å². The average Bonchev–Trinajstić information content (AvgIpc) is 2.78. The zero-order valence-electron chi connectivity index (χ0n) is 14.5. The number of nitrogens with zero attached hydrogens (tertiary/aromatic N) is 4. The topological polar surface area (TPSA) is 80.4 Å². The molecule has 2 heterocycles. The number of amides is 1. The van der Waals surface area contributed by atoms with Crippen LogP contribution in [0.15, 0.2) is 4.79 Å². The van der Waals surface area contributed by atoms with Crippen LogP contribution in [0.4, 0.5) is 0 Å². The maximum Gasteiger partial charge on any atom is 0.346 e. The number of likely N-dealkylation sites (N-methyl/N-ethyl adjacent to an activating group) is 1. The highest BCUT2D eigenvalue weighted by Gasteiger charge is 2.27. The molecule has 1 aromatic heterocycles. The maximum absolute atomic E-state index is 12.6. The van der Waals surface area contributed by atoms with Crippen LogP contribution < -0.4 is 5.69 Å². The molecule has 1 aliphatic carbocycles. The monoisotopic (exact) mass is 336 g/mol. The van der Waals surface area contributed by atoms with Crippen molar-refractivity contribution in [2.75, 3.05) is 13.7 Å². The minimum absolute atomic E-state index is 0.0231. The molecule has 0 saturated heterocycles. The highest BCUT2D eigenvalue weighted by molar-refractivity contribution is 5.75. The summed E-state index contributed by atoms with van der Waals surface area (Å²) in [6.07, 6.45) is 7.75. The zero-order valence-corrected chi connectivity index (χ0v) is 14.5. The van der Waals surface area contributed by atoms with E-state index in [4.69, 9.17) is 0 Å². The number of fused-ring (bicyclic) bond motifs is 1. The molecular formula is C17H28N4O3. The van der Waals surface area contributed by atoms with Crippen molar-refractivity contribution in [1.29, 1.82) is 0 Å². The summed E-state index contributed by atoms with van der Waals surface area (Å²) in [4.78, 5) is 26.8. The Morgan fingerprint density at radius 2 is 2.00 bits per heavy atom. The van der Waals surface area contributed by atoms with Gasteiger partial charge >= 0.3 is 5.69 Å². The lowest BCUT2D eigenvalue weighted by Crippen LogP contribution is -2.42. The van der Waals surface area contributed by atoms with E-state index in [-0.39, 0.29) is 30.8 Å². The first-order chi connectivity index (χ1) is 11.6. The summed E-state index contributed by atoms with van der Waals surface area (Å²) in [5.74, 6) is 1.13. The number of aryl methyl sites for hydroxylation is 1. The third-order valence-corrected chi connectivity index (χ3v) is 5.58. The first-order valence-electron chi connectivity index (χ1n) is 9.13. The minimum Gasteiger partial charge on any atom is -0.396 e. The molecule has 7 nitrogen and oxygen atoms in total.